The van der Waals surface area contributed by atoms with Crippen LogP contribution in [0.4, 0.5) is 0 Å². The van der Waals surface area contributed by atoms with Crippen LogP contribution >= 0.6 is 0 Å². The predicted octanol–water partition coefficient (Wildman–Crippen LogP) is 0.762. The van der Waals surface area contributed by atoms with Crippen LogP contribution in [0.15, 0.2) is 24.3 Å². The van der Waals surface area contributed by atoms with Gasteiger partial charge >= 0.3 is 70.9 Å². The van der Waals surface area contributed by atoms with E-state index in [0.29, 0.717) is 5.56 Å². The van der Waals surface area contributed by atoms with Gasteiger partial charge in [0.15, 0.2) is 0 Å². The molecule has 1 aromatic carbocycles. The zero-order valence-electron chi connectivity index (χ0n) is 6.07. The van der Waals surface area contributed by atoms with Crippen molar-refractivity contribution in [2.75, 3.05) is 0 Å². The summed E-state index contributed by atoms with van der Waals surface area (Å²) in [5.74, 6) is 1.18. The Kier molecular flexibility index (Phi) is 2.69. The molecular formula is C8H8O2Se. The van der Waals surface area contributed by atoms with Crippen LogP contribution in [0.5, 0.6) is 0 Å². The van der Waals surface area contributed by atoms with E-state index in [4.69, 9.17) is 5.11 Å². The molecule has 11 heavy (non-hydrogen) atoms. The number of hydrogen-bond donors (Lipinski definition) is 1. The molecule has 0 aliphatic rings. The third-order valence-corrected chi connectivity index (χ3v) is 3.01. The average Bonchev–Trinajstić information content (AvgIpc) is 2.04. The van der Waals surface area contributed by atoms with Gasteiger partial charge in [0.25, 0.3) is 0 Å². The van der Waals surface area contributed by atoms with Gasteiger partial charge in [-0.3, -0.25) is 0 Å². The molecule has 0 atom stereocenters. The molecule has 2 nitrogen and oxygen atoms in total. The first-order chi connectivity index (χ1) is 5.25. The fourth-order valence-corrected chi connectivity index (χ4v) is 2.06. The topological polar surface area (TPSA) is 37.3 Å². The van der Waals surface area contributed by atoms with E-state index in [1.165, 1.54) is 0 Å². The number of aromatic carboxylic acids is 1. The van der Waals surface area contributed by atoms with E-state index < -0.39 is 5.97 Å². The van der Waals surface area contributed by atoms with Crippen molar-refractivity contribution in [3.8, 4) is 0 Å². The van der Waals surface area contributed by atoms with Crippen molar-refractivity contribution in [1.29, 1.82) is 0 Å². The van der Waals surface area contributed by atoms with Crippen LogP contribution in [0.25, 0.3) is 0 Å². The van der Waals surface area contributed by atoms with E-state index in [1.54, 1.807) is 12.1 Å². The number of rotatable bonds is 2. The van der Waals surface area contributed by atoms with Crippen LogP contribution < -0.4 is 4.46 Å². The number of hydrogen-bond acceptors (Lipinski definition) is 1. The normalized spacial score (nSPS) is 9.55. The maximum absolute atomic E-state index is 10.6. The van der Waals surface area contributed by atoms with E-state index in [-0.39, 0.29) is 15.0 Å². The second-order valence-electron chi connectivity index (χ2n) is 2.01. The number of carboxylic acid groups (broad SMARTS) is 1. The Hall–Kier alpha value is -0.791. The van der Waals surface area contributed by atoms with Crippen molar-refractivity contribution >= 4 is 25.4 Å². The molecule has 0 aliphatic carbocycles. The molecule has 3 heteroatoms. The zero-order chi connectivity index (χ0) is 8.27. The molecule has 0 aliphatic heterocycles. The van der Waals surface area contributed by atoms with E-state index in [9.17, 15) is 4.79 Å². The molecular weight excluding hydrogens is 207 g/mol. The summed E-state index contributed by atoms with van der Waals surface area (Å²) in [4.78, 5) is 10.6. The van der Waals surface area contributed by atoms with Gasteiger partial charge in [-0.15, -0.1) is 0 Å². The van der Waals surface area contributed by atoms with Gasteiger partial charge in [0.05, 0.1) is 0 Å². The number of benzene rings is 1. The first kappa shape index (κ1) is 8.31. The monoisotopic (exact) mass is 216 g/mol. The van der Waals surface area contributed by atoms with Crippen LogP contribution in [0.2, 0.25) is 5.82 Å². The maximum atomic E-state index is 10.6. The standard InChI is InChI=1S/C8H8O2Se/c1-11-7-5-3-2-4-6(7)8(9)10/h2-5H,1H3,(H,9,10). The third kappa shape index (κ3) is 1.82. The molecule has 0 heterocycles. The Morgan fingerprint density at radius 2 is 2.09 bits per heavy atom. The molecule has 0 aromatic heterocycles. The van der Waals surface area contributed by atoms with Crippen molar-refractivity contribution in [1.82, 2.24) is 0 Å². The average molecular weight is 215 g/mol. The van der Waals surface area contributed by atoms with Crippen LogP contribution in [0.1, 0.15) is 10.4 Å². The van der Waals surface area contributed by atoms with Gasteiger partial charge < -0.3 is 0 Å². The van der Waals surface area contributed by atoms with Crippen molar-refractivity contribution in [3.05, 3.63) is 29.8 Å². The molecule has 1 rings (SSSR count). The Labute approximate surface area is 71.4 Å². The van der Waals surface area contributed by atoms with Crippen molar-refractivity contribution in [3.63, 3.8) is 0 Å². The Morgan fingerprint density at radius 3 is 2.55 bits per heavy atom. The number of carbonyl (C=O) groups is 1. The second kappa shape index (κ2) is 3.56. The Morgan fingerprint density at radius 1 is 1.45 bits per heavy atom. The Balaban J connectivity index is 3.12. The van der Waals surface area contributed by atoms with Crippen LogP contribution in [0, 0.1) is 0 Å². The SMILES string of the molecule is C[Se]c1ccccc1C(=O)O. The first-order valence-corrected chi connectivity index (χ1v) is 5.69. The summed E-state index contributed by atoms with van der Waals surface area (Å²) in [6, 6.07) is 7.12. The quantitative estimate of drug-likeness (QED) is 0.739. The van der Waals surface area contributed by atoms with Crippen molar-refractivity contribution in [2.24, 2.45) is 0 Å². The van der Waals surface area contributed by atoms with E-state index >= 15 is 0 Å². The molecule has 0 unspecified atom stereocenters. The molecule has 0 saturated heterocycles. The van der Waals surface area contributed by atoms with E-state index in [0.717, 1.165) is 4.46 Å². The van der Waals surface area contributed by atoms with Gasteiger partial charge in [-0.25, -0.2) is 0 Å². The molecule has 0 saturated carbocycles. The summed E-state index contributed by atoms with van der Waals surface area (Å²) >= 11 is 0.259. The summed E-state index contributed by atoms with van der Waals surface area (Å²) in [6.45, 7) is 0. The van der Waals surface area contributed by atoms with E-state index in [1.807, 2.05) is 18.0 Å². The van der Waals surface area contributed by atoms with Crippen LogP contribution in [-0.2, 0) is 0 Å². The van der Waals surface area contributed by atoms with Gasteiger partial charge in [-0.05, 0) is 0 Å². The van der Waals surface area contributed by atoms with Crippen LogP contribution in [0.3, 0.4) is 0 Å². The molecule has 0 fully saturated rings. The fraction of sp³-hybridized carbons (Fsp3) is 0.125. The third-order valence-electron chi connectivity index (χ3n) is 1.34. The Bertz CT molecular complexity index is 271. The molecule has 58 valence electrons. The van der Waals surface area contributed by atoms with Gasteiger partial charge in [0.1, 0.15) is 0 Å². The minimum absolute atomic E-state index is 0.259. The van der Waals surface area contributed by atoms with E-state index in [2.05, 4.69) is 0 Å². The van der Waals surface area contributed by atoms with Crippen LogP contribution in [-0.4, -0.2) is 26.0 Å². The minimum atomic E-state index is -0.829. The van der Waals surface area contributed by atoms with Gasteiger partial charge in [0, 0.05) is 0 Å². The van der Waals surface area contributed by atoms with Gasteiger partial charge in [-0.1, -0.05) is 0 Å². The molecule has 0 amide bonds. The summed E-state index contributed by atoms with van der Waals surface area (Å²) in [7, 11) is 0. The van der Waals surface area contributed by atoms with Gasteiger partial charge in [-0.2, -0.15) is 0 Å². The molecule has 0 spiro atoms. The van der Waals surface area contributed by atoms with Crippen molar-refractivity contribution in [2.45, 2.75) is 5.82 Å². The summed E-state index contributed by atoms with van der Waals surface area (Å²) < 4.78 is 0.951. The second-order valence-corrected chi connectivity index (χ2v) is 3.78. The van der Waals surface area contributed by atoms with Gasteiger partial charge in [0.2, 0.25) is 0 Å². The summed E-state index contributed by atoms with van der Waals surface area (Å²) in [5, 5.41) is 8.71. The molecule has 1 N–H and O–H groups in total. The zero-order valence-corrected chi connectivity index (χ0v) is 7.79. The summed E-state index contributed by atoms with van der Waals surface area (Å²) in [5.41, 5.74) is 0.440. The summed E-state index contributed by atoms with van der Waals surface area (Å²) in [6.07, 6.45) is 0. The predicted molar refractivity (Wildman–Crippen MR) is 44.7 cm³/mol. The molecule has 1 aromatic rings. The van der Waals surface area contributed by atoms with Crippen molar-refractivity contribution < 1.29 is 9.90 Å². The molecule has 0 bridgehead atoms. The first-order valence-electron chi connectivity index (χ1n) is 3.12. The number of carboxylic acids is 1. The fourth-order valence-electron chi connectivity index (χ4n) is 0.821. The molecule has 0 radical (unpaired) electrons.